The van der Waals surface area contributed by atoms with Crippen LogP contribution < -0.4 is 0 Å². The number of aromatic nitrogens is 1. The van der Waals surface area contributed by atoms with Crippen LogP contribution in [-0.4, -0.2) is 11.0 Å². The molecular weight excluding hydrogens is 358 g/mol. The van der Waals surface area contributed by atoms with Crippen molar-refractivity contribution in [2.75, 3.05) is 0 Å². The number of carbonyl (C=O) groups is 1. The zero-order valence-electron chi connectivity index (χ0n) is 14.6. The van der Waals surface area contributed by atoms with Crippen LogP contribution in [-0.2, 0) is 15.1 Å². The van der Waals surface area contributed by atoms with Crippen molar-refractivity contribution in [1.82, 2.24) is 4.98 Å². The summed E-state index contributed by atoms with van der Waals surface area (Å²) in [5.41, 5.74) is 2.46. The Kier molecular flexibility index (Phi) is 3.80. The van der Waals surface area contributed by atoms with Crippen molar-refractivity contribution in [1.29, 1.82) is 0 Å². The Morgan fingerprint density at radius 2 is 1.74 bits per heavy atom. The van der Waals surface area contributed by atoms with Crippen LogP contribution in [0.4, 0.5) is 0 Å². The van der Waals surface area contributed by atoms with E-state index in [2.05, 4.69) is 23.2 Å². The molecule has 0 spiro atoms. The topological polar surface area (TPSA) is 39.2 Å². The van der Waals surface area contributed by atoms with E-state index in [0.717, 1.165) is 16.8 Å². The molecule has 2 heterocycles. The average molecular weight is 376 g/mol. The van der Waals surface area contributed by atoms with Crippen LogP contribution in [0.3, 0.4) is 0 Å². The maximum Gasteiger partial charge on any atom is 0.315 e. The quantitative estimate of drug-likeness (QED) is 0.599. The maximum absolute atomic E-state index is 12.6. The zero-order chi connectivity index (χ0) is 18.4. The summed E-state index contributed by atoms with van der Waals surface area (Å²) in [6.07, 6.45) is 2.47. The molecular formula is C23H18ClNO2. The van der Waals surface area contributed by atoms with E-state index in [1.54, 1.807) is 6.20 Å². The fraction of sp³-hybridized carbons (Fsp3) is 0.217. The van der Waals surface area contributed by atoms with E-state index in [-0.39, 0.29) is 23.7 Å². The van der Waals surface area contributed by atoms with Gasteiger partial charge in [-0.15, -0.1) is 0 Å². The van der Waals surface area contributed by atoms with E-state index in [9.17, 15) is 4.79 Å². The van der Waals surface area contributed by atoms with Gasteiger partial charge in [0.15, 0.2) is 5.60 Å². The second kappa shape index (κ2) is 6.21. The Labute approximate surface area is 163 Å². The van der Waals surface area contributed by atoms with Crippen LogP contribution >= 0.6 is 11.6 Å². The third-order valence-corrected chi connectivity index (χ3v) is 6.15. The van der Waals surface area contributed by atoms with Gasteiger partial charge in [0.1, 0.15) is 5.92 Å². The van der Waals surface area contributed by atoms with Crippen LogP contribution in [0.1, 0.15) is 35.1 Å². The molecule has 3 aromatic rings. The van der Waals surface area contributed by atoms with E-state index in [0.29, 0.717) is 11.4 Å². The van der Waals surface area contributed by atoms with Crippen LogP contribution in [0, 0.1) is 5.92 Å². The molecule has 0 N–H and O–H groups in total. The highest BCUT2D eigenvalue weighted by atomic mass is 35.5. The van der Waals surface area contributed by atoms with Gasteiger partial charge >= 0.3 is 5.97 Å². The van der Waals surface area contributed by atoms with Gasteiger partial charge in [-0.05, 0) is 41.3 Å². The van der Waals surface area contributed by atoms with Crippen molar-refractivity contribution in [2.24, 2.45) is 5.92 Å². The van der Waals surface area contributed by atoms with Gasteiger partial charge in [-0.3, -0.25) is 9.78 Å². The standard InChI is InChI=1S/C23H18ClNO2/c24-17-10-6-9-16(13-17)18-14-23(19-11-4-5-12-25-19)21(22(26)27-23)20(18)15-7-2-1-3-8-15/h1-13,18,20-21H,14H2/t18-,20-,21+,23-/m1/s1. The Bertz CT molecular complexity index is 992. The number of nitrogens with zero attached hydrogens (tertiary/aromatic N) is 1. The summed E-state index contributed by atoms with van der Waals surface area (Å²) in [6.45, 7) is 0. The van der Waals surface area contributed by atoms with Gasteiger partial charge in [-0.2, -0.15) is 0 Å². The predicted octanol–water partition coefficient (Wildman–Crippen LogP) is 5.07. The smallest absolute Gasteiger partial charge is 0.315 e. The number of hydrogen-bond acceptors (Lipinski definition) is 3. The number of rotatable bonds is 3. The number of pyridine rings is 1. The van der Waals surface area contributed by atoms with Crippen molar-refractivity contribution in [3.8, 4) is 0 Å². The van der Waals surface area contributed by atoms with Gasteiger partial charge in [0.05, 0.1) is 5.69 Å². The fourth-order valence-corrected chi connectivity index (χ4v) is 5.02. The van der Waals surface area contributed by atoms with Crippen molar-refractivity contribution in [3.05, 3.63) is 101 Å². The molecule has 0 amide bonds. The normalized spacial score (nSPS) is 28.9. The molecule has 0 radical (unpaired) electrons. The van der Waals surface area contributed by atoms with Gasteiger partial charge in [-0.1, -0.05) is 60.1 Å². The highest BCUT2D eigenvalue weighted by Crippen LogP contribution is 2.65. The minimum atomic E-state index is -0.661. The fourth-order valence-electron chi connectivity index (χ4n) is 4.82. The van der Waals surface area contributed by atoms with Gasteiger partial charge < -0.3 is 4.74 Å². The molecule has 3 nitrogen and oxygen atoms in total. The second-order valence-corrected chi connectivity index (χ2v) is 7.74. The molecule has 1 saturated carbocycles. The van der Waals surface area contributed by atoms with E-state index >= 15 is 0 Å². The first-order valence-corrected chi connectivity index (χ1v) is 9.52. The minimum Gasteiger partial charge on any atom is -0.451 e. The minimum absolute atomic E-state index is 0.0351. The first-order valence-electron chi connectivity index (χ1n) is 9.14. The molecule has 0 unspecified atom stereocenters. The third kappa shape index (κ3) is 2.49. The molecule has 1 saturated heterocycles. The highest BCUT2D eigenvalue weighted by Gasteiger charge is 2.68. The molecule has 2 aromatic carbocycles. The number of fused-ring (bicyclic) bond motifs is 1. The molecule has 4 heteroatoms. The molecule has 4 atom stereocenters. The Balaban J connectivity index is 1.67. The summed E-state index contributed by atoms with van der Waals surface area (Å²) >= 11 is 6.28. The Morgan fingerprint density at radius 1 is 0.963 bits per heavy atom. The van der Waals surface area contributed by atoms with E-state index < -0.39 is 5.60 Å². The summed E-state index contributed by atoms with van der Waals surface area (Å²) in [7, 11) is 0. The van der Waals surface area contributed by atoms with Gasteiger partial charge in [0, 0.05) is 23.6 Å². The summed E-state index contributed by atoms with van der Waals surface area (Å²) in [5.74, 6) is -0.213. The number of hydrogen-bond donors (Lipinski definition) is 0. The molecule has 1 aromatic heterocycles. The van der Waals surface area contributed by atoms with E-state index in [1.165, 1.54) is 0 Å². The largest absolute Gasteiger partial charge is 0.451 e. The molecule has 27 heavy (non-hydrogen) atoms. The molecule has 2 fully saturated rings. The second-order valence-electron chi connectivity index (χ2n) is 7.31. The molecule has 0 bridgehead atoms. The van der Waals surface area contributed by atoms with Gasteiger partial charge in [0.25, 0.3) is 0 Å². The lowest BCUT2D eigenvalue weighted by molar-refractivity contribution is -0.212. The first kappa shape index (κ1) is 16.5. The third-order valence-electron chi connectivity index (χ3n) is 5.91. The van der Waals surface area contributed by atoms with Gasteiger partial charge in [0.2, 0.25) is 0 Å². The molecule has 1 aliphatic carbocycles. The van der Waals surface area contributed by atoms with Crippen LogP contribution in [0.25, 0.3) is 0 Å². The lowest BCUT2D eigenvalue weighted by atomic mass is 9.75. The monoisotopic (exact) mass is 375 g/mol. The lowest BCUT2D eigenvalue weighted by Gasteiger charge is -2.44. The molecule has 5 rings (SSSR count). The van der Waals surface area contributed by atoms with Crippen molar-refractivity contribution in [3.63, 3.8) is 0 Å². The lowest BCUT2D eigenvalue weighted by Crippen LogP contribution is -2.53. The highest BCUT2D eigenvalue weighted by molar-refractivity contribution is 6.30. The Morgan fingerprint density at radius 3 is 2.44 bits per heavy atom. The van der Waals surface area contributed by atoms with Crippen LogP contribution in [0.2, 0.25) is 5.02 Å². The number of benzene rings is 2. The maximum atomic E-state index is 12.6. The van der Waals surface area contributed by atoms with Crippen molar-refractivity contribution < 1.29 is 9.53 Å². The summed E-state index contributed by atoms with van der Waals surface area (Å²) in [6, 6.07) is 24.0. The SMILES string of the molecule is O=C1O[C@@]2(c3ccccn3)C[C@H](c3cccc(Cl)c3)[C@@H](c3ccccc3)[C@@H]12. The van der Waals surface area contributed by atoms with Crippen LogP contribution in [0.15, 0.2) is 79.0 Å². The number of ether oxygens (including phenoxy) is 1. The molecule has 1 aliphatic heterocycles. The number of carbonyl (C=O) groups excluding carboxylic acids is 1. The molecule has 2 aliphatic rings. The van der Waals surface area contributed by atoms with Crippen molar-refractivity contribution in [2.45, 2.75) is 23.9 Å². The first-order chi connectivity index (χ1) is 13.2. The van der Waals surface area contributed by atoms with E-state index in [4.69, 9.17) is 16.3 Å². The number of halogens is 1. The molecule has 134 valence electrons. The summed E-state index contributed by atoms with van der Waals surface area (Å²) in [4.78, 5) is 17.2. The zero-order valence-corrected chi connectivity index (χ0v) is 15.3. The Hall–Kier alpha value is -2.65. The van der Waals surface area contributed by atoms with Gasteiger partial charge in [-0.25, -0.2) is 0 Å². The predicted molar refractivity (Wildman–Crippen MR) is 103 cm³/mol. The number of esters is 1. The van der Waals surface area contributed by atoms with Crippen LogP contribution in [0.5, 0.6) is 0 Å². The van der Waals surface area contributed by atoms with E-state index in [1.807, 2.05) is 54.6 Å². The average Bonchev–Trinajstić information content (AvgIpc) is 2.99. The summed E-state index contributed by atoms with van der Waals surface area (Å²) < 4.78 is 5.84. The van der Waals surface area contributed by atoms with Crippen molar-refractivity contribution >= 4 is 17.6 Å². The summed E-state index contributed by atoms with van der Waals surface area (Å²) in [5, 5.41) is 0.706.